The second kappa shape index (κ2) is 6.80. The van der Waals surface area contributed by atoms with Gasteiger partial charge in [0, 0.05) is 39.2 Å². The zero-order valence-corrected chi connectivity index (χ0v) is 15.9. The fourth-order valence-electron chi connectivity index (χ4n) is 4.58. The lowest BCUT2D eigenvalue weighted by atomic mass is 9.85. The molecule has 0 bridgehead atoms. The monoisotopic (exact) mass is 348 g/mol. The Kier molecular flexibility index (Phi) is 4.67. The Labute approximate surface area is 151 Å². The van der Waals surface area contributed by atoms with E-state index in [1.807, 2.05) is 0 Å². The summed E-state index contributed by atoms with van der Waals surface area (Å²) in [7, 11) is 2.16. The average molecular weight is 348 g/mol. The molecule has 6 nitrogen and oxygen atoms in total. The van der Waals surface area contributed by atoms with Gasteiger partial charge in [-0.15, -0.1) is 0 Å². The van der Waals surface area contributed by atoms with E-state index < -0.39 is 0 Å². The third-order valence-corrected chi connectivity index (χ3v) is 5.78. The molecular weight excluding hydrogens is 316 g/mol. The molecule has 0 N–H and O–H groups in total. The first-order valence-electron chi connectivity index (χ1n) is 9.79. The van der Waals surface area contributed by atoms with Crippen LogP contribution in [-0.2, 0) is 9.47 Å². The quantitative estimate of drug-likeness (QED) is 0.780. The number of ether oxygens (including phenoxy) is 2. The van der Waals surface area contributed by atoms with E-state index in [1.165, 1.54) is 18.5 Å². The molecule has 1 spiro atoms. The van der Waals surface area contributed by atoms with Gasteiger partial charge in [-0.05, 0) is 24.7 Å². The number of hydrogen-bond donors (Lipinski definition) is 0. The molecule has 1 saturated heterocycles. The standard InChI is InChI=1S/C19H32N4O2/c1-15(2)10-23-13-20-18-17(23)12-22(14-21(18)3)11-16-4-6-19(7-5-16)24-8-9-25-19/h12,15-16H,4-11,13-14H2,1-3H3. The normalized spacial score (nSPS) is 26.5. The molecule has 2 fully saturated rings. The molecule has 0 aromatic heterocycles. The van der Waals surface area contributed by atoms with Crippen LogP contribution in [0.3, 0.4) is 0 Å². The van der Waals surface area contributed by atoms with Crippen LogP contribution < -0.4 is 0 Å². The maximum Gasteiger partial charge on any atom is 0.168 e. The van der Waals surface area contributed by atoms with E-state index in [0.29, 0.717) is 5.92 Å². The molecule has 140 valence electrons. The summed E-state index contributed by atoms with van der Waals surface area (Å²) in [5, 5.41) is 0. The number of aliphatic imine (C=N–C) groups is 1. The van der Waals surface area contributed by atoms with Crippen molar-refractivity contribution >= 4 is 5.84 Å². The van der Waals surface area contributed by atoms with Crippen LogP contribution in [0.15, 0.2) is 16.9 Å². The summed E-state index contributed by atoms with van der Waals surface area (Å²) in [5.74, 6) is 2.29. The summed E-state index contributed by atoms with van der Waals surface area (Å²) in [6.07, 6.45) is 6.83. The van der Waals surface area contributed by atoms with Crippen LogP contribution >= 0.6 is 0 Å². The minimum Gasteiger partial charge on any atom is -0.358 e. The van der Waals surface area contributed by atoms with Gasteiger partial charge < -0.3 is 24.2 Å². The van der Waals surface area contributed by atoms with Crippen LogP contribution in [0.25, 0.3) is 0 Å². The molecule has 0 radical (unpaired) electrons. The predicted molar refractivity (Wildman–Crippen MR) is 97.9 cm³/mol. The summed E-state index contributed by atoms with van der Waals surface area (Å²) >= 11 is 0. The largest absolute Gasteiger partial charge is 0.358 e. The molecule has 0 unspecified atom stereocenters. The van der Waals surface area contributed by atoms with Crippen LogP contribution in [0.4, 0.5) is 0 Å². The molecule has 6 heteroatoms. The number of likely N-dealkylation sites (N-methyl/N-ethyl adjacent to an activating group) is 1. The van der Waals surface area contributed by atoms with Crippen molar-refractivity contribution in [3.05, 3.63) is 11.9 Å². The van der Waals surface area contributed by atoms with Crippen molar-refractivity contribution in [2.45, 2.75) is 45.3 Å². The highest BCUT2D eigenvalue weighted by Gasteiger charge is 2.40. The molecule has 3 aliphatic heterocycles. The Bertz CT molecular complexity index is 544. The first-order valence-corrected chi connectivity index (χ1v) is 9.79. The van der Waals surface area contributed by atoms with E-state index in [9.17, 15) is 0 Å². The SMILES string of the molecule is CC(C)CN1CN=C2C1=CN(CC1CCC3(CC1)OCCO3)CN2C. The van der Waals surface area contributed by atoms with Crippen molar-refractivity contribution in [1.82, 2.24) is 14.7 Å². The van der Waals surface area contributed by atoms with Gasteiger partial charge in [0.15, 0.2) is 11.6 Å². The minimum absolute atomic E-state index is 0.243. The van der Waals surface area contributed by atoms with Crippen LogP contribution in [0.2, 0.25) is 0 Å². The van der Waals surface area contributed by atoms with Crippen molar-refractivity contribution in [3.63, 3.8) is 0 Å². The second-order valence-corrected chi connectivity index (χ2v) is 8.42. The third-order valence-electron chi connectivity index (χ3n) is 5.78. The first-order chi connectivity index (χ1) is 12.0. The van der Waals surface area contributed by atoms with Gasteiger partial charge in [0.05, 0.1) is 25.6 Å². The fraction of sp³-hybridized carbons (Fsp3) is 0.842. The molecule has 0 amide bonds. The molecule has 3 heterocycles. The van der Waals surface area contributed by atoms with E-state index in [1.54, 1.807) is 0 Å². The van der Waals surface area contributed by atoms with Crippen LogP contribution in [0, 0.1) is 11.8 Å². The fourth-order valence-corrected chi connectivity index (χ4v) is 4.58. The Morgan fingerprint density at radius 1 is 1.24 bits per heavy atom. The van der Waals surface area contributed by atoms with E-state index in [2.05, 4.69) is 41.8 Å². The maximum absolute atomic E-state index is 5.87. The zero-order valence-electron chi connectivity index (χ0n) is 15.9. The number of hydrogen-bond acceptors (Lipinski definition) is 6. The Balaban J connectivity index is 1.38. The Morgan fingerprint density at radius 3 is 2.64 bits per heavy atom. The van der Waals surface area contributed by atoms with Crippen LogP contribution in [-0.4, -0.2) is 73.0 Å². The summed E-state index contributed by atoms with van der Waals surface area (Å²) in [6, 6.07) is 0. The van der Waals surface area contributed by atoms with Crippen LogP contribution in [0.5, 0.6) is 0 Å². The van der Waals surface area contributed by atoms with Crippen molar-refractivity contribution < 1.29 is 9.47 Å². The van der Waals surface area contributed by atoms with E-state index in [-0.39, 0.29) is 5.79 Å². The van der Waals surface area contributed by atoms with E-state index >= 15 is 0 Å². The smallest absolute Gasteiger partial charge is 0.168 e. The maximum atomic E-state index is 5.87. The predicted octanol–water partition coefficient (Wildman–Crippen LogP) is 2.29. The lowest BCUT2D eigenvalue weighted by Gasteiger charge is -2.40. The van der Waals surface area contributed by atoms with Gasteiger partial charge in [0.2, 0.25) is 0 Å². The molecular formula is C19H32N4O2. The van der Waals surface area contributed by atoms with Crippen molar-refractivity contribution in [2.75, 3.05) is 46.7 Å². The lowest BCUT2D eigenvalue weighted by Crippen LogP contribution is -2.46. The molecule has 1 aliphatic carbocycles. The molecule has 4 rings (SSSR count). The first kappa shape index (κ1) is 17.2. The zero-order chi connectivity index (χ0) is 17.4. The number of nitrogens with zero attached hydrogens (tertiary/aromatic N) is 4. The topological polar surface area (TPSA) is 40.5 Å². The average Bonchev–Trinajstić information content (AvgIpc) is 3.18. The Hall–Kier alpha value is -1.27. The minimum atomic E-state index is -0.243. The number of rotatable bonds is 4. The summed E-state index contributed by atoms with van der Waals surface area (Å²) in [4.78, 5) is 11.9. The highest BCUT2D eigenvalue weighted by molar-refractivity contribution is 5.99. The van der Waals surface area contributed by atoms with Crippen molar-refractivity contribution in [1.29, 1.82) is 0 Å². The molecule has 0 aromatic rings. The van der Waals surface area contributed by atoms with E-state index in [4.69, 9.17) is 14.5 Å². The molecule has 0 aromatic carbocycles. The summed E-state index contributed by atoms with van der Waals surface area (Å²) in [5.41, 5.74) is 1.30. The van der Waals surface area contributed by atoms with E-state index in [0.717, 1.165) is 64.2 Å². The Morgan fingerprint density at radius 2 is 1.96 bits per heavy atom. The van der Waals surface area contributed by atoms with Crippen molar-refractivity contribution in [2.24, 2.45) is 16.8 Å². The molecule has 4 aliphatic rings. The lowest BCUT2D eigenvalue weighted by molar-refractivity contribution is -0.183. The number of amidine groups is 1. The molecule has 25 heavy (non-hydrogen) atoms. The highest BCUT2D eigenvalue weighted by Crippen LogP contribution is 2.38. The second-order valence-electron chi connectivity index (χ2n) is 8.42. The number of fused-ring (bicyclic) bond motifs is 1. The van der Waals surface area contributed by atoms with Gasteiger partial charge in [-0.2, -0.15) is 0 Å². The van der Waals surface area contributed by atoms with Gasteiger partial charge in [-0.25, -0.2) is 4.99 Å². The summed E-state index contributed by atoms with van der Waals surface area (Å²) < 4.78 is 11.7. The van der Waals surface area contributed by atoms with Gasteiger partial charge in [0.1, 0.15) is 6.67 Å². The van der Waals surface area contributed by atoms with Gasteiger partial charge in [-0.3, -0.25) is 0 Å². The van der Waals surface area contributed by atoms with Gasteiger partial charge in [-0.1, -0.05) is 13.8 Å². The molecule has 1 saturated carbocycles. The molecule has 0 atom stereocenters. The highest BCUT2D eigenvalue weighted by atomic mass is 16.7. The van der Waals surface area contributed by atoms with Gasteiger partial charge in [0.25, 0.3) is 0 Å². The third kappa shape index (κ3) is 3.51. The van der Waals surface area contributed by atoms with Gasteiger partial charge >= 0.3 is 0 Å². The summed E-state index contributed by atoms with van der Waals surface area (Å²) in [6.45, 7) is 10.0. The van der Waals surface area contributed by atoms with Crippen molar-refractivity contribution in [3.8, 4) is 0 Å². The van der Waals surface area contributed by atoms with Crippen LogP contribution in [0.1, 0.15) is 39.5 Å².